The lowest BCUT2D eigenvalue weighted by Gasteiger charge is -2.36. The fourth-order valence-electron chi connectivity index (χ4n) is 4.24. The summed E-state index contributed by atoms with van der Waals surface area (Å²) in [6.07, 6.45) is 0. The summed E-state index contributed by atoms with van der Waals surface area (Å²) >= 11 is 0. The van der Waals surface area contributed by atoms with Crippen LogP contribution in [0.5, 0.6) is 0 Å². The first kappa shape index (κ1) is 22.7. The van der Waals surface area contributed by atoms with Crippen LogP contribution in [0.4, 0.5) is 10.1 Å². The number of halogens is 1. The van der Waals surface area contributed by atoms with Crippen molar-refractivity contribution in [1.82, 2.24) is 24.8 Å². The molecule has 0 radical (unpaired) electrons. The highest BCUT2D eigenvalue weighted by molar-refractivity contribution is 5.92. The molecule has 9 nitrogen and oxygen atoms in total. The van der Waals surface area contributed by atoms with E-state index in [1.54, 1.807) is 19.2 Å². The Hall–Kier alpha value is -3.53. The second-order valence-electron chi connectivity index (χ2n) is 8.10. The predicted octanol–water partition coefficient (Wildman–Crippen LogP) is 1.04. The third-order valence-electron chi connectivity index (χ3n) is 5.99. The lowest BCUT2D eigenvalue weighted by atomic mass is 10.1. The number of aromatic nitrogens is 3. The van der Waals surface area contributed by atoms with Gasteiger partial charge < -0.3 is 15.2 Å². The van der Waals surface area contributed by atoms with Crippen LogP contribution in [0.1, 0.15) is 21.7 Å². The number of nitrogens with one attached hydrogen (secondary N) is 2. The van der Waals surface area contributed by atoms with Gasteiger partial charge in [0.25, 0.3) is 11.5 Å². The van der Waals surface area contributed by atoms with Crippen molar-refractivity contribution >= 4 is 22.5 Å². The van der Waals surface area contributed by atoms with E-state index < -0.39 is 17.9 Å². The van der Waals surface area contributed by atoms with Crippen LogP contribution >= 0.6 is 0 Å². The molecule has 1 aliphatic rings. The minimum atomic E-state index is -0.771. The van der Waals surface area contributed by atoms with E-state index in [0.29, 0.717) is 23.1 Å². The maximum absolute atomic E-state index is 12.6. The number of amides is 1. The zero-order valence-corrected chi connectivity index (χ0v) is 18.7. The van der Waals surface area contributed by atoms with Crippen LogP contribution < -0.4 is 21.5 Å². The molecule has 10 heteroatoms. The Bertz CT molecular complexity index is 1290. The van der Waals surface area contributed by atoms with Gasteiger partial charge in [-0.15, -0.1) is 0 Å². The van der Waals surface area contributed by atoms with E-state index in [1.165, 1.54) is 0 Å². The molecule has 1 fully saturated rings. The van der Waals surface area contributed by atoms with Crippen LogP contribution in [-0.4, -0.2) is 65.2 Å². The number of benzene rings is 1. The molecular formula is C23H27FN6O3. The van der Waals surface area contributed by atoms with Crippen molar-refractivity contribution in [2.75, 3.05) is 44.8 Å². The third kappa shape index (κ3) is 4.65. The first-order valence-corrected chi connectivity index (χ1v) is 10.9. The number of piperazine rings is 1. The quantitative estimate of drug-likeness (QED) is 0.577. The molecule has 0 spiro atoms. The molecule has 0 saturated carbocycles. The van der Waals surface area contributed by atoms with E-state index in [0.717, 1.165) is 47.7 Å². The van der Waals surface area contributed by atoms with E-state index in [1.807, 2.05) is 25.1 Å². The summed E-state index contributed by atoms with van der Waals surface area (Å²) in [7, 11) is 1.59. The number of pyridine rings is 1. The van der Waals surface area contributed by atoms with Gasteiger partial charge in [-0.3, -0.25) is 19.1 Å². The number of carbonyl (C=O) groups excluding carboxylic acids is 1. The SMILES string of the molecule is CNC(=O)c1ccc(N2CCN(Cc3ccc4c(=O)n(CCF)c(=O)[nH]c4c3)CC2)c(C)n1. The molecule has 0 aliphatic carbocycles. The maximum atomic E-state index is 12.6. The molecule has 1 aromatic carbocycles. The highest BCUT2D eigenvalue weighted by Gasteiger charge is 2.20. The van der Waals surface area contributed by atoms with Gasteiger partial charge in [-0.1, -0.05) is 6.07 Å². The Labute approximate surface area is 189 Å². The molecule has 0 unspecified atom stereocenters. The molecular weight excluding hydrogens is 427 g/mol. The molecule has 4 rings (SSSR count). The van der Waals surface area contributed by atoms with E-state index in [-0.39, 0.29) is 12.5 Å². The standard InChI is InChI=1S/C23H27FN6O3/c1-15-20(6-5-18(26-15)21(31)25-2)29-11-9-28(10-12-29)14-16-3-4-17-19(13-16)27-23(33)30(8-7-24)22(17)32/h3-6,13H,7-12,14H2,1-2H3,(H,25,31)(H,27,33). The van der Waals surface area contributed by atoms with E-state index in [2.05, 4.69) is 25.1 Å². The highest BCUT2D eigenvalue weighted by atomic mass is 19.1. The number of nitrogens with zero attached hydrogens (tertiary/aromatic N) is 4. The number of fused-ring (bicyclic) bond motifs is 1. The Morgan fingerprint density at radius 2 is 1.91 bits per heavy atom. The molecule has 2 N–H and O–H groups in total. The number of H-pyrrole nitrogens is 1. The molecule has 0 atom stereocenters. The molecule has 3 heterocycles. The van der Waals surface area contributed by atoms with Crippen LogP contribution in [0, 0.1) is 6.92 Å². The van der Waals surface area contributed by atoms with Crippen LogP contribution in [0.25, 0.3) is 10.9 Å². The van der Waals surface area contributed by atoms with Gasteiger partial charge in [0.05, 0.1) is 28.8 Å². The minimum Gasteiger partial charge on any atom is -0.368 e. The zero-order chi connectivity index (χ0) is 23.5. The molecule has 1 saturated heterocycles. The number of aryl methyl sites for hydroxylation is 1. The van der Waals surface area contributed by atoms with Gasteiger partial charge in [0.1, 0.15) is 12.4 Å². The number of anilines is 1. The second kappa shape index (κ2) is 9.53. The largest absolute Gasteiger partial charge is 0.368 e. The average Bonchev–Trinajstić information content (AvgIpc) is 2.81. The van der Waals surface area contributed by atoms with Crippen LogP contribution in [0.3, 0.4) is 0 Å². The van der Waals surface area contributed by atoms with Crippen molar-refractivity contribution in [3.8, 4) is 0 Å². The lowest BCUT2D eigenvalue weighted by Crippen LogP contribution is -2.46. The zero-order valence-electron chi connectivity index (χ0n) is 18.7. The van der Waals surface area contributed by atoms with Crippen molar-refractivity contribution in [1.29, 1.82) is 0 Å². The molecule has 33 heavy (non-hydrogen) atoms. The fourth-order valence-corrected chi connectivity index (χ4v) is 4.24. The highest BCUT2D eigenvalue weighted by Crippen LogP contribution is 2.21. The normalized spacial score (nSPS) is 14.6. The third-order valence-corrected chi connectivity index (χ3v) is 5.99. The summed E-state index contributed by atoms with van der Waals surface area (Å²) < 4.78 is 13.5. The van der Waals surface area contributed by atoms with Crippen LogP contribution in [0.15, 0.2) is 39.9 Å². The number of rotatable bonds is 6. The first-order valence-electron chi connectivity index (χ1n) is 10.9. The number of carbonyl (C=O) groups is 1. The summed E-state index contributed by atoms with van der Waals surface area (Å²) in [5.41, 5.74) is 2.64. The molecule has 2 aromatic heterocycles. The van der Waals surface area contributed by atoms with E-state index in [9.17, 15) is 18.8 Å². The number of alkyl halides is 1. The first-order chi connectivity index (χ1) is 15.9. The number of hydrogen-bond donors (Lipinski definition) is 2. The summed E-state index contributed by atoms with van der Waals surface area (Å²) in [5, 5.41) is 2.96. The predicted molar refractivity (Wildman–Crippen MR) is 125 cm³/mol. The van der Waals surface area contributed by atoms with Crippen molar-refractivity contribution in [3.63, 3.8) is 0 Å². The second-order valence-corrected chi connectivity index (χ2v) is 8.10. The van der Waals surface area contributed by atoms with Crippen LogP contribution in [0.2, 0.25) is 0 Å². The fraction of sp³-hybridized carbons (Fsp3) is 0.391. The van der Waals surface area contributed by atoms with Crippen molar-refractivity contribution < 1.29 is 9.18 Å². The molecule has 3 aromatic rings. The van der Waals surface area contributed by atoms with Gasteiger partial charge in [0.2, 0.25) is 0 Å². The Morgan fingerprint density at radius 3 is 2.58 bits per heavy atom. The number of aromatic amines is 1. The summed E-state index contributed by atoms with van der Waals surface area (Å²) in [5.74, 6) is -0.201. The summed E-state index contributed by atoms with van der Waals surface area (Å²) in [6.45, 7) is 4.89. The van der Waals surface area contributed by atoms with E-state index >= 15 is 0 Å². The maximum Gasteiger partial charge on any atom is 0.328 e. The van der Waals surface area contributed by atoms with Gasteiger partial charge >= 0.3 is 5.69 Å². The Kier molecular flexibility index (Phi) is 6.55. The van der Waals surface area contributed by atoms with E-state index in [4.69, 9.17) is 0 Å². The Morgan fingerprint density at radius 1 is 1.15 bits per heavy atom. The molecule has 0 bridgehead atoms. The van der Waals surface area contributed by atoms with Gasteiger partial charge in [-0.2, -0.15) is 0 Å². The molecule has 1 amide bonds. The minimum absolute atomic E-state index is 0.201. The van der Waals surface area contributed by atoms with Crippen molar-refractivity contribution in [2.24, 2.45) is 0 Å². The monoisotopic (exact) mass is 454 g/mol. The number of hydrogen-bond acceptors (Lipinski definition) is 6. The van der Waals surface area contributed by atoms with Gasteiger partial charge in [-0.05, 0) is 36.8 Å². The molecule has 174 valence electrons. The lowest BCUT2D eigenvalue weighted by molar-refractivity contribution is 0.0958. The van der Waals surface area contributed by atoms with Gasteiger partial charge in [0.15, 0.2) is 0 Å². The van der Waals surface area contributed by atoms with Crippen molar-refractivity contribution in [2.45, 2.75) is 20.0 Å². The summed E-state index contributed by atoms with van der Waals surface area (Å²) in [6, 6.07) is 9.06. The van der Waals surface area contributed by atoms with Crippen molar-refractivity contribution in [3.05, 3.63) is 68.1 Å². The Balaban J connectivity index is 1.44. The molecule has 1 aliphatic heterocycles. The average molecular weight is 455 g/mol. The topological polar surface area (TPSA) is 103 Å². The summed E-state index contributed by atoms with van der Waals surface area (Å²) in [4.78, 5) is 48.0. The smallest absolute Gasteiger partial charge is 0.328 e. The van der Waals surface area contributed by atoms with Gasteiger partial charge in [-0.25, -0.2) is 14.2 Å². The van der Waals surface area contributed by atoms with Crippen LogP contribution in [-0.2, 0) is 13.1 Å². The van der Waals surface area contributed by atoms with Gasteiger partial charge in [0, 0.05) is 39.8 Å².